The van der Waals surface area contributed by atoms with Gasteiger partial charge in [-0.25, -0.2) is 5.01 Å². The number of nitrogens with two attached hydrogens (primary N) is 1. The Bertz CT molecular complexity index is 464. The predicted molar refractivity (Wildman–Crippen MR) is 73.4 cm³/mol. The van der Waals surface area contributed by atoms with Crippen LogP contribution in [0.15, 0.2) is 36.1 Å². The maximum absolute atomic E-state index is 6.18. The summed E-state index contributed by atoms with van der Waals surface area (Å²) >= 11 is 6.12. The van der Waals surface area contributed by atoms with Crippen molar-refractivity contribution in [3.8, 4) is 0 Å². The second-order valence-electron chi connectivity index (χ2n) is 4.26. The van der Waals surface area contributed by atoms with Gasteiger partial charge in [-0.15, -0.1) is 0 Å². The van der Waals surface area contributed by atoms with Crippen molar-refractivity contribution in [3.63, 3.8) is 0 Å². The SMILES string of the molecule is C=CN(/N=C\C)c1cc(Cl)cc(C2(N)CC2)c1. The van der Waals surface area contributed by atoms with E-state index in [1.165, 1.54) is 0 Å². The van der Waals surface area contributed by atoms with E-state index in [2.05, 4.69) is 11.7 Å². The second-order valence-corrected chi connectivity index (χ2v) is 4.69. The summed E-state index contributed by atoms with van der Waals surface area (Å²) in [5, 5.41) is 6.54. The van der Waals surface area contributed by atoms with Crippen LogP contribution >= 0.6 is 11.6 Å². The highest BCUT2D eigenvalue weighted by atomic mass is 35.5. The Morgan fingerprint density at radius 2 is 2.18 bits per heavy atom. The molecular weight excluding hydrogens is 234 g/mol. The van der Waals surface area contributed by atoms with Crippen molar-refractivity contribution in [1.82, 2.24) is 0 Å². The third kappa shape index (κ3) is 2.51. The standard InChI is InChI=1S/C13H16ClN3/c1-3-16-17(4-2)12-8-10(7-11(14)9-12)13(15)5-6-13/h3-4,7-9H,2,5-6,15H2,1H3/b16-3-. The Morgan fingerprint density at radius 1 is 1.47 bits per heavy atom. The monoisotopic (exact) mass is 249 g/mol. The molecule has 0 spiro atoms. The van der Waals surface area contributed by atoms with Gasteiger partial charge < -0.3 is 5.73 Å². The molecule has 1 fully saturated rings. The van der Waals surface area contributed by atoms with E-state index >= 15 is 0 Å². The molecule has 0 aliphatic heterocycles. The Kier molecular flexibility index (Phi) is 3.22. The molecule has 1 aromatic rings. The van der Waals surface area contributed by atoms with E-state index in [0.717, 1.165) is 24.1 Å². The summed E-state index contributed by atoms with van der Waals surface area (Å²) in [4.78, 5) is 0. The van der Waals surface area contributed by atoms with Gasteiger partial charge in [0.05, 0.1) is 5.69 Å². The second kappa shape index (κ2) is 4.51. The number of anilines is 1. The molecule has 0 unspecified atom stereocenters. The molecule has 1 aromatic carbocycles. The summed E-state index contributed by atoms with van der Waals surface area (Å²) < 4.78 is 0. The van der Waals surface area contributed by atoms with Crippen LogP contribution in [-0.4, -0.2) is 6.21 Å². The number of hydrogen-bond donors (Lipinski definition) is 1. The molecule has 0 radical (unpaired) electrons. The number of rotatable bonds is 4. The predicted octanol–water partition coefficient (Wildman–Crippen LogP) is 3.24. The molecule has 17 heavy (non-hydrogen) atoms. The summed E-state index contributed by atoms with van der Waals surface area (Å²) in [7, 11) is 0. The lowest BCUT2D eigenvalue weighted by atomic mass is 10.1. The molecule has 2 N–H and O–H groups in total. The van der Waals surface area contributed by atoms with Gasteiger partial charge >= 0.3 is 0 Å². The third-order valence-corrected chi connectivity index (χ3v) is 3.14. The van der Waals surface area contributed by atoms with Crippen LogP contribution in [0.1, 0.15) is 25.3 Å². The number of hydrazone groups is 1. The van der Waals surface area contributed by atoms with Crippen molar-refractivity contribution >= 4 is 23.5 Å². The van der Waals surface area contributed by atoms with Crippen molar-refractivity contribution in [2.45, 2.75) is 25.3 Å². The van der Waals surface area contributed by atoms with Crippen molar-refractivity contribution < 1.29 is 0 Å². The lowest BCUT2D eigenvalue weighted by Gasteiger charge is -2.17. The smallest absolute Gasteiger partial charge is 0.0663 e. The van der Waals surface area contributed by atoms with Crippen LogP contribution in [0.2, 0.25) is 5.02 Å². The molecule has 0 amide bonds. The minimum atomic E-state index is -0.192. The number of benzene rings is 1. The topological polar surface area (TPSA) is 41.6 Å². The first kappa shape index (κ1) is 12.1. The van der Waals surface area contributed by atoms with E-state index in [-0.39, 0.29) is 5.54 Å². The minimum absolute atomic E-state index is 0.192. The minimum Gasteiger partial charge on any atom is -0.321 e. The van der Waals surface area contributed by atoms with E-state index in [4.69, 9.17) is 17.3 Å². The fourth-order valence-electron chi connectivity index (χ4n) is 1.76. The first-order valence-corrected chi connectivity index (χ1v) is 5.97. The molecule has 3 nitrogen and oxygen atoms in total. The summed E-state index contributed by atoms with van der Waals surface area (Å²) in [6.45, 7) is 5.59. The van der Waals surface area contributed by atoms with Crippen LogP contribution in [0, 0.1) is 0 Å². The van der Waals surface area contributed by atoms with Gasteiger partial charge in [-0.05, 0) is 43.5 Å². The van der Waals surface area contributed by atoms with Crippen LogP contribution in [0.5, 0.6) is 0 Å². The highest BCUT2D eigenvalue weighted by Gasteiger charge is 2.40. The molecule has 0 bridgehead atoms. The first-order chi connectivity index (χ1) is 8.09. The van der Waals surface area contributed by atoms with E-state index in [9.17, 15) is 0 Å². The maximum Gasteiger partial charge on any atom is 0.0663 e. The zero-order valence-electron chi connectivity index (χ0n) is 9.86. The first-order valence-electron chi connectivity index (χ1n) is 5.59. The quantitative estimate of drug-likeness (QED) is 0.658. The average Bonchev–Trinajstić information content (AvgIpc) is 3.05. The Balaban J connectivity index is 2.40. The molecule has 4 heteroatoms. The van der Waals surface area contributed by atoms with Crippen LogP contribution < -0.4 is 10.7 Å². The van der Waals surface area contributed by atoms with Crippen molar-refractivity contribution in [3.05, 3.63) is 41.6 Å². The third-order valence-electron chi connectivity index (χ3n) is 2.92. The number of nitrogens with zero attached hydrogens (tertiary/aromatic N) is 2. The van der Waals surface area contributed by atoms with Gasteiger partial charge in [0.15, 0.2) is 0 Å². The Hall–Kier alpha value is -1.32. The lowest BCUT2D eigenvalue weighted by molar-refractivity contribution is 0.740. The van der Waals surface area contributed by atoms with E-state index in [0.29, 0.717) is 5.02 Å². The summed E-state index contributed by atoms with van der Waals surface area (Å²) in [6.07, 6.45) is 5.37. The normalized spacial score (nSPS) is 17.1. The van der Waals surface area contributed by atoms with Gasteiger partial charge in [0, 0.05) is 23.0 Å². The summed E-state index contributed by atoms with van der Waals surface area (Å²) in [6, 6.07) is 5.80. The molecule has 0 saturated heterocycles. The zero-order valence-corrected chi connectivity index (χ0v) is 10.6. The van der Waals surface area contributed by atoms with Gasteiger partial charge in [-0.3, -0.25) is 0 Å². The largest absolute Gasteiger partial charge is 0.321 e. The van der Waals surface area contributed by atoms with E-state index < -0.39 is 0 Å². The molecule has 0 aromatic heterocycles. The highest BCUT2D eigenvalue weighted by Crippen LogP contribution is 2.44. The van der Waals surface area contributed by atoms with Gasteiger partial charge in [-0.1, -0.05) is 18.2 Å². The Morgan fingerprint density at radius 3 is 2.71 bits per heavy atom. The fourth-order valence-corrected chi connectivity index (χ4v) is 1.99. The zero-order chi connectivity index (χ0) is 12.5. The van der Waals surface area contributed by atoms with Crippen molar-refractivity contribution in [1.29, 1.82) is 0 Å². The average molecular weight is 250 g/mol. The van der Waals surface area contributed by atoms with Gasteiger partial charge in [-0.2, -0.15) is 5.10 Å². The van der Waals surface area contributed by atoms with Crippen LogP contribution in [0.25, 0.3) is 0 Å². The van der Waals surface area contributed by atoms with Crippen LogP contribution in [0.4, 0.5) is 5.69 Å². The number of halogens is 1. The van der Waals surface area contributed by atoms with E-state index in [1.807, 2.05) is 25.1 Å². The highest BCUT2D eigenvalue weighted by molar-refractivity contribution is 6.31. The van der Waals surface area contributed by atoms with Gasteiger partial charge in [0.2, 0.25) is 0 Å². The maximum atomic E-state index is 6.18. The molecule has 0 atom stereocenters. The molecule has 90 valence electrons. The van der Waals surface area contributed by atoms with Gasteiger partial charge in [0.25, 0.3) is 0 Å². The molecule has 1 aliphatic carbocycles. The fraction of sp³-hybridized carbons (Fsp3) is 0.308. The van der Waals surface area contributed by atoms with Crippen LogP contribution in [-0.2, 0) is 5.54 Å². The van der Waals surface area contributed by atoms with Crippen molar-refractivity contribution in [2.75, 3.05) is 5.01 Å². The molecule has 2 rings (SSSR count). The summed E-state index contributed by atoms with van der Waals surface area (Å²) in [5.41, 5.74) is 7.94. The van der Waals surface area contributed by atoms with Gasteiger partial charge in [0.1, 0.15) is 0 Å². The lowest BCUT2D eigenvalue weighted by Crippen LogP contribution is -2.19. The summed E-state index contributed by atoms with van der Waals surface area (Å²) in [5.74, 6) is 0. The molecule has 1 saturated carbocycles. The van der Waals surface area contributed by atoms with Crippen LogP contribution in [0.3, 0.4) is 0 Å². The Labute approximate surface area is 107 Å². The molecule has 0 heterocycles. The molecular formula is C13H16ClN3. The number of hydrogen-bond acceptors (Lipinski definition) is 3. The van der Waals surface area contributed by atoms with Crippen molar-refractivity contribution in [2.24, 2.45) is 10.8 Å². The van der Waals surface area contributed by atoms with E-state index in [1.54, 1.807) is 17.4 Å². The molecule has 1 aliphatic rings.